The van der Waals surface area contributed by atoms with E-state index in [1.165, 1.54) is 0 Å². The number of furan rings is 2. The summed E-state index contributed by atoms with van der Waals surface area (Å²) < 4.78 is 66.8. The van der Waals surface area contributed by atoms with Crippen LogP contribution in [0, 0.1) is 55.4 Å². The van der Waals surface area contributed by atoms with Crippen LogP contribution in [-0.4, -0.2) is 144 Å². The third-order valence-corrected chi connectivity index (χ3v) is 25.7. The minimum atomic E-state index is -1.48. The Balaban J connectivity index is 0.849. The van der Waals surface area contributed by atoms with E-state index in [2.05, 4.69) is 0 Å². The number of imide groups is 2. The molecule has 6 atom stereocenters. The van der Waals surface area contributed by atoms with Crippen LogP contribution in [-0.2, 0) is 41.4 Å². The topological polar surface area (TPSA) is 229 Å². The fraction of sp³-hybridized carbons (Fsp3) is 0.302. The van der Waals surface area contributed by atoms with E-state index < -0.39 is 47.5 Å². The third-order valence-electron chi connectivity index (χ3n) is 25.7. The van der Waals surface area contributed by atoms with Crippen molar-refractivity contribution < 1.29 is 75.5 Å². The Bertz CT molecular complexity index is 6270. The van der Waals surface area contributed by atoms with Crippen molar-refractivity contribution in [2.45, 2.75) is 156 Å². The fourth-order valence-electron chi connectivity index (χ4n) is 19.9. The molecule has 15 aromatic rings. The molecule has 6 amide bonds. The maximum Gasteiger partial charge on any atom is 0.262 e. The summed E-state index contributed by atoms with van der Waals surface area (Å²) in [4.78, 5) is 109. The van der Waals surface area contributed by atoms with Crippen LogP contribution in [0.1, 0.15) is 148 Å². The highest BCUT2D eigenvalue weighted by atomic mass is 16.6. The lowest BCUT2D eigenvalue weighted by molar-refractivity contribution is -0.136. The first-order valence-corrected chi connectivity index (χ1v) is 44.1. The van der Waals surface area contributed by atoms with E-state index >= 15 is 28.8 Å². The summed E-state index contributed by atoms with van der Waals surface area (Å²) in [6.45, 7) is 19.6. The van der Waals surface area contributed by atoms with E-state index in [0.29, 0.717) is 193 Å². The molecule has 0 aliphatic carbocycles. The molecule has 8 heterocycles. The molecule has 636 valence electrons. The van der Waals surface area contributed by atoms with Gasteiger partial charge in [-0.15, -0.1) is 0 Å². The number of aryl methyl sites for hydroxylation is 8. The molecule has 2 aromatic heterocycles. The van der Waals surface area contributed by atoms with Crippen LogP contribution in [0.5, 0.6) is 46.0 Å². The van der Waals surface area contributed by atoms with Gasteiger partial charge in [-0.05, 0) is 247 Å². The standard InChI is InChI=1S/C106H96N4O16/c1-57-35-58(2)40-71(39-57)121-87-49-79-91-80(102(112)109(101(79)111)83(47-65-19-13-27-77-75-25-9-11-29-85(75)125-99(65)77)105(115)107(31-15-21-67-53-117-67)32-16-22-68-54-118-68)51-89(123-73-43-61(5)37-62(6)44-73)95-96-90(124-74-45-63(7)38-64(8)46-74)52-82-92-81(50-88(94(98(92)96)93(87)97(91)95)122-72-41-59(3)36-60(4)42-72)103(113)110(104(82)114)84(48-66-20-14-28-78-76-26-10-12-30-86(76)126-100(66)78)106(116)108(33-17-23-69-55-119-69)34-18-24-70-56-120-70/h9-14,19-20,25-30,35-46,49-52,67-70,83-84H,15-18,21-24,31-34,47-48,53-56H2,1-8H3. The predicted molar refractivity (Wildman–Crippen MR) is 484 cm³/mol. The second-order valence-electron chi connectivity index (χ2n) is 35.6. The number of amides is 6. The van der Waals surface area contributed by atoms with Crippen molar-refractivity contribution in [1.29, 1.82) is 0 Å². The van der Waals surface area contributed by atoms with Crippen molar-refractivity contribution in [1.82, 2.24) is 19.6 Å². The summed E-state index contributed by atoms with van der Waals surface area (Å²) in [6, 6.07) is 54.2. The van der Waals surface area contributed by atoms with Gasteiger partial charge in [-0.3, -0.25) is 38.6 Å². The highest BCUT2D eigenvalue weighted by Crippen LogP contribution is 2.59. The summed E-state index contributed by atoms with van der Waals surface area (Å²) in [5.41, 5.74) is 10.6. The Morgan fingerprint density at radius 1 is 0.333 bits per heavy atom. The molecule has 4 fully saturated rings. The number of benzene rings is 13. The normalized spacial score (nSPS) is 17.4. The van der Waals surface area contributed by atoms with Crippen LogP contribution in [0.2, 0.25) is 0 Å². The number of hydrogen-bond donors (Lipinski definition) is 0. The zero-order valence-corrected chi connectivity index (χ0v) is 71.8. The molecule has 13 aromatic carbocycles. The highest BCUT2D eigenvalue weighted by molar-refractivity contribution is 6.45. The summed E-state index contributed by atoms with van der Waals surface area (Å²) in [7, 11) is 0. The number of carbonyl (C=O) groups is 6. The summed E-state index contributed by atoms with van der Waals surface area (Å²) in [6.07, 6.45) is 5.28. The Hall–Kier alpha value is -13.0. The number of fused-ring (bicyclic) bond motifs is 8. The number of ether oxygens (including phenoxy) is 8. The van der Waals surface area contributed by atoms with Gasteiger partial charge in [0.25, 0.3) is 23.6 Å². The number of carbonyl (C=O) groups excluding carboxylic acids is 6. The molecule has 6 aliphatic rings. The summed E-state index contributed by atoms with van der Waals surface area (Å²) in [5, 5.41) is 5.60. The van der Waals surface area contributed by atoms with Crippen molar-refractivity contribution in [3.8, 4) is 46.0 Å². The first-order valence-electron chi connectivity index (χ1n) is 44.1. The lowest BCUT2D eigenvalue weighted by Gasteiger charge is -2.38. The maximum absolute atomic E-state index is 17.5. The second kappa shape index (κ2) is 32.2. The quantitative estimate of drug-likeness (QED) is 0.0165. The Kier molecular flexibility index (Phi) is 20.5. The second-order valence-corrected chi connectivity index (χ2v) is 35.6. The van der Waals surface area contributed by atoms with E-state index in [0.717, 1.165) is 75.9 Å². The summed E-state index contributed by atoms with van der Waals surface area (Å²) >= 11 is 0. The average molecular weight is 1680 g/mol. The molecular weight excluding hydrogens is 1590 g/mol. The number of nitrogens with zero attached hydrogens (tertiary/aromatic N) is 4. The van der Waals surface area contributed by atoms with Gasteiger partial charge >= 0.3 is 0 Å². The minimum Gasteiger partial charge on any atom is -0.457 e. The lowest BCUT2D eigenvalue weighted by atomic mass is 9.80. The maximum atomic E-state index is 17.5. The molecule has 0 N–H and O–H groups in total. The van der Waals surface area contributed by atoms with E-state index in [4.69, 9.17) is 46.7 Å². The SMILES string of the molecule is Cc1cc(C)cc(Oc2cc3c4c(cc(Oc5cc(C)cc(C)c5)c5c6c(Oc7cc(C)cc(C)c7)cc7c8c(cc(Oc9cc(C)cc(C)c9)c(c2c45)c86)C(=O)N(C(Cc2cccc4c2oc2ccccc24)C(=O)N(CCCC2CO2)CCCC2CO2)C7=O)C(=O)N(C(Cc2cccc4c2oc2ccccc24)C(=O)N(CCCC2CO2)CCCC2CO2)C3=O)c1. The minimum absolute atomic E-state index is 0.0263. The van der Waals surface area contributed by atoms with Gasteiger partial charge < -0.3 is 56.5 Å². The van der Waals surface area contributed by atoms with Gasteiger partial charge in [0.05, 0.1) is 73.1 Å². The largest absolute Gasteiger partial charge is 0.457 e. The van der Waals surface area contributed by atoms with Gasteiger partial charge in [0, 0.05) is 104 Å². The molecule has 0 bridgehead atoms. The molecule has 126 heavy (non-hydrogen) atoms. The van der Waals surface area contributed by atoms with Gasteiger partial charge in [0.2, 0.25) is 11.8 Å². The molecule has 21 rings (SSSR count). The van der Waals surface area contributed by atoms with Crippen molar-refractivity contribution >= 4 is 122 Å². The number of epoxide rings is 4. The molecule has 0 saturated carbocycles. The van der Waals surface area contributed by atoms with Crippen LogP contribution in [0.3, 0.4) is 0 Å². The number of para-hydroxylation sites is 4. The molecule has 0 spiro atoms. The highest BCUT2D eigenvalue weighted by Gasteiger charge is 2.49. The Labute approximate surface area is 728 Å². The van der Waals surface area contributed by atoms with Crippen LogP contribution >= 0.6 is 0 Å². The summed E-state index contributed by atoms with van der Waals surface area (Å²) in [5.74, 6) is -1.96. The smallest absolute Gasteiger partial charge is 0.262 e. The van der Waals surface area contributed by atoms with Crippen LogP contribution in [0.15, 0.2) is 191 Å². The average Bonchev–Trinajstić information content (AvgIpc) is 1.29. The molecule has 20 heteroatoms. The van der Waals surface area contributed by atoms with Crippen molar-refractivity contribution in [3.05, 3.63) is 260 Å². The zero-order chi connectivity index (χ0) is 86.2. The van der Waals surface area contributed by atoms with Gasteiger partial charge in [-0.2, -0.15) is 0 Å². The predicted octanol–water partition coefficient (Wildman–Crippen LogP) is 22.0. The molecule has 6 aliphatic heterocycles. The first kappa shape index (κ1) is 80.2. The lowest BCUT2D eigenvalue weighted by Crippen LogP contribution is -2.56. The number of rotatable bonds is 32. The first-order chi connectivity index (χ1) is 61.1. The third kappa shape index (κ3) is 15.2. The van der Waals surface area contributed by atoms with Gasteiger partial charge in [0.1, 0.15) is 80.4 Å². The fourth-order valence-corrected chi connectivity index (χ4v) is 19.9. The van der Waals surface area contributed by atoms with Crippen molar-refractivity contribution in [2.75, 3.05) is 52.6 Å². The van der Waals surface area contributed by atoms with E-state index in [1.54, 1.807) is 34.1 Å². The molecule has 4 saturated heterocycles. The van der Waals surface area contributed by atoms with Gasteiger partial charge in [-0.1, -0.05) is 97.1 Å². The Morgan fingerprint density at radius 3 is 0.865 bits per heavy atom. The Morgan fingerprint density at radius 2 is 0.595 bits per heavy atom. The number of hydrogen-bond acceptors (Lipinski definition) is 16. The molecular formula is C106H96N4O16. The van der Waals surface area contributed by atoms with Crippen LogP contribution in [0.25, 0.3) is 87.0 Å². The zero-order valence-electron chi connectivity index (χ0n) is 71.8. The molecule has 0 radical (unpaired) electrons. The van der Waals surface area contributed by atoms with Crippen molar-refractivity contribution in [2.24, 2.45) is 0 Å². The van der Waals surface area contributed by atoms with Crippen molar-refractivity contribution in [3.63, 3.8) is 0 Å². The van der Waals surface area contributed by atoms with Gasteiger partial charge in [0.15, 0.2) is 0 Å². The van der Waals surface area contributed by atoms with E-state index in [1.807, 2.05) is 213 Å². The van der Waals surface area contributed by atoms with E-state index in [9.17, 15) is 0 Å². The van der Waals surface area contributed by atoms with E-state index in [-0.39, 0.29) is 93.3 Å². The van der Waals surface area contributed by atoms with Crippen LogP contribution < -0.4 is 18.9 Å². The van der Waals surface area contributed by atoms with Gasteiger partial charge in [-0.25, -0.2) is 0 Å². The molecule has 20 nitrogen and oxygen atoms in total. The van der Waals surface area contributed by atoms with Crippen LogP contribution in [0.4, 0.5) is 0 Å². The monoisotopic (exact) mass is 1680 g/mol. The molecule has 6 unspecified atom stereocenters.